The van der Waals surface area contributed by atoms with Crippen LogP contribution in [0.5, 0.6) is 0 Å². The van der Waals surface area contributed by atoms with Crippen molar-refractivity contribution in [2.75, 3.05) is 36.4 Å². The van der Waals surface area contributed by atoms with Crippen LogP contribution in [-0.2, 0) is 4.79 Å². The summed E-state index contributed by atoms with van der Waals surface area (Å²) < 4.78 is 14.0. The Balaban J connectivity index is 1.51. The summed E-state index contributed by atoms with van der Waals surface area (Å²) in [7, 11) is 0. The van der Waals surface area contributed by atoms with E-state index in [1.165, 1.54) is 6.07 Å². The Labute approximate surface area is 187 Å². The number of nitrogens with one attached hydrogen (secondary N) is 3. The Morgan fingerprint density at radius 3 is 2.97 bits per heavy atom. The molecule has 1 unspecified atom stereocenters. The number of amides is 1. The minimum absolute atomic E-state index is 0.111. The van der Waals surface area contributed by atoms with Crippen molar-refractivity contribution in [3.8, 4) is 0 Å². The summed E-state index contributed by atoms with van der Waals surface area (Å²) in [5.74, 6) is 0.545. The van der Waals surface area contributed by atoms with Crippen molar-refractivity contribution in [3.63, 3.8) is 0 Å². The molecule has 3 rings (SSSR count). The van der Waals surface area contributed by atoms with E-state index in [0.29, 0.717) is 48.7 Å². The zero-order chi connectivity index (χ0) is 22.2. The smallest absolute Gasteiger partial charge is 0.226 e. The molecule has 0 radical (unpaired) electrons. The molecule has 7 nitrogen and oxygen atoms in total. The molecule has 1 aliphatic rings. The first kappa shape index (κ1) is 22.8. The summed E-state index contributed by atoms with van der Waals surface area (Å²) in [6, 6.07) is 8.62. The zero-order valence-electron chi connectivity index (χ0n) is 17.8. The molecule has 0 aliphatic carbocycles. The number of carbonyl (C=O) groups excluding carboxylic acids is 1. The van der Waals surface area contributed by atoms with E-state index >= 15 is 0 Å². The normalized spacial score (nSPS) is 16.3. The second-order valence-electron chi connectivity index (χ2n) is 7.43. The van der Waals surface area contributed by atoms with Gasteiger partial charge in [0.2, 0.25) is 5.91 Å². The average molecular weight is 447 g/mol. The summed E-state index contributed by atoms with van der Waals surface area (Å²) in [5, 5.41) is 9.89. The van der Waals surface area contributed by atoms with Crippen LogP contribution in [0.3, 0.4) is 0 Å². The van der Waals surface area contributed by atoms with Crippen LogP contribution in [0.1, 0.15) is 25.3 Å². The number of aromatic nitrogens is 1. The number of aryl methyl sites for hydroxylation is 1. The highest BCUT2D eigenvalue weighted by atomic mass is 35.5. The minimum atomic E-state index is -0.316. The largest absolute Gasteiger partial charge is 0.357 e. The lowest BCUT2D eigenvalue weighted by molar-refractivity contribution is -0.116. The summed E-state index contributed by atoms with van der Waals surface area (Å²) in [4.78, 5) is 22.8. The van der Waals surface area contributed by atoms with Gasteiger partial charge in [-0.3, -0.25) is 9.79 Å². The van der Waals surface area contributed by atoms with Gasteiger partial charge >= 0.3 is 0 Å². The van der Waals surface area contributed by atoms with Gasteiger partial charge in [0.15, 0.2) is 17.6 Å². The van der Waals surface area contributed by atoms with Crippen LogP contribution in [0, 0.1) is 12.7 Å². The van der Waals surface area contributed by atoms with Crippen molar-refractivity contribution in [1.29, 1.82) is 0 Å². The highest BCUT2D eigenvalue weighted by Crippen LogP contribution is 2.23. The minimum Gasteiger partial charge on any atom is -0.357 e. The van der Waals surface area contributed by atoms with E-state index in [1.54, 1.807) is 18.3 Å². The third-order valence-corrected chi connectivity index (χ3v) is 5.23. The van der Waals surface area contributed by atoms with E-state index < -0.39 is 0 Å². The first-order chi connectivity index (χ1) is 15.0. The first-order valence-corrected chi connectivity index (χ1v) is 10.8. The second kappa shape index (κ2) is 10.9. The number of carbonyl (C=O) groups is 1. The van der Waals surface area contributed by atoms with Crippen LogP contribution in [0.4, 0.5) is 15.9 Å². The Kier molecular flexibility index (Phi) is 8.06. The SMILES string of the molecule is CCNC(=NCCC(=O)Nc1ccc(C)cc1Cl)NC1CCN(c2ncccc2F)C1. The second-order valence-corrected chi connectivity index (χ2v) is 7.83. The molecule has 0 bridgehead atoms. The summed E-state index contributed by atoms with van der Waals surface area (Å²) in [5.41, 5.74) is 1.63. The van der Waals surface area contributed by atoms with Crippen molar-refractivity contribution in [1.82, 2.24) is 15.6 Å². The molecule has 0 spiro atoms. The molecule has 1 aromatic heterocycles. The number of anilines is 2. The highest BCUT2D eigenvalue weighted by Gasteiger charge is 2.25. The van der Waals surface area contributed by atoms with Gasteiger partial charge in [0.1, 0.15) is 0 Å². The highest BCUT2D eigenvalue weighted by molar-refractivity contribution is 6.33. The molecule has 2 aromatic rings. The summed E-state index contributed by atoms with van der Waals surface area (Å²) in [6.45, 7) is 6.29. The fourth-order valence-corrected chi connectivity index (χ4v) is 3.68. The van der Waals surface area contributed by atoms with Crippen molar-refractivity contribution in [3.05, 3.63) is 52.9 Å². The van der Waals surface area contributed by atoms with Gasteiger partial charge in [0.25, 0.3) is 0 Å². The third kappa shape index (κ3) is 6.55. The van der Waals surface area contributed by atoms with Gasteiger partial charge in [-0.2, -0.15) is 0 Å². The third-order valence-electron chi connectivity index (χ3n) is 4.92. The van der Waals surface area contributed by atoms with Crippen molar-refractivity contribution >= 4 is 35.0 Å². The maximum atomic E-state index is 14.0. The molecule has 1 saturated heterocycles. The van der Waals surface area contributed by atoms with Crippen LogP contribution < -0.4 is 20.9 Å². The molecule has 0 saturated carbocycles. The molecule has 1 amide bonds. The number of pyridine rings is 1. The molecule has 2 heterocycles. The zero-order valence-corrected chi connectivity index (χ0v) is 18.5. The van der Waals surface area contributed by atoms with Gasteiger partial charge in [0.05, 0.1) is 17.3 Å². The van der Waals surface area contributed by atoms with Crippen molar-refractivity contribution in [2.45, 2.75) is 32.7 Å². The summed E-state index contributed by atoms with van der Waals surface area (Å²) in [6.07, 6.45) is 2.67. The molecule has 166 valence electrons. The van der Waals surface area contributed by atoms with Crippen LogP contribution in [-0.4, -0.2) is 49.1 Å². The molecule has 31 heavy (non-hydrogen) atoms. The van der Waals surface area contributed by atoms with Crippen LogP contribution >= 0.6 is 11.6 Å². The molecule has 1 aliphatic heterocycles. The summed E-state index contributed by atoms with van der Waals surface area (Å²) >= 11 is 6.17. The van der Waals surface area contributed by atoms with Crippen LogP contribution in [0.25, 0.3) is 0 Å². The molecule has 1 atom stereocenters. The number of rotatable bonds is 7. The standard InChI is InChI=1S/C22H28ClFN6O/c1-3-25-22(27-11-8-20(31)29-19-7-6-15(2)13-17(19)23)28-16-9-12-30(14-16)21-18(24)5-4-10-26-21/h4-7,10,13,16H,3,8-9,11-12,14H2,1-2H3,(H,29,31)(H2,25,27,28). The van der Waals surface area contributed by atoms with E-state index in [9.17, 15) is 9.18 Å². The average Bonchev–Trinajstić information content (AvgIpc) is 3.19. The number of nitrogens with zero attached hydrogens (tertiary/aromatic N) is 3. The van der Waals surface area contributed by atoms with E-state index in [-0.39, 0.29) is 24.2 Å². The predicted molar refractivity (Wildman–Crippen MR) is 123 cm³/mol. The van der Waals surface area contributed by atoms with Gasteiger partial charge in [-0.25, -0.2) is 9.37 Å². The molecule has 9 heteroatoms. The lowest BCUT2D eigenvalue weighted by Gasteiger charge is -2.19. The Morgan fingerprint density at radius 1 is 1.39 bits per heavy atom. The van der Waals surface area contributed by atoms with E-state index in [2.05, 4.69) is 25.9 Å². The number of hydrogen-bond acceptors (Lipinski definition) is 4. The maximum absolute atomic E-state index is 14.0. The van der Waals surface area contributed by atoms with Gasteiger partial charge in [-0.15, -0.1) is 0 Å². The van der Waals surface area contributed by atoms with Crippen molar-refractivity contribution < 1.29 is 9.18 Å². The maximum Gasteiger partial charge on any atom is 0.226 e. The Hall–Kier alpha value is -2.87. The molecule has 1 aromatic carbocycles. The molecule has 3 N–H and O–H groups in total. The predicted octanol–water partition coefficient (Wildman–Crippen LogP) is 3.35. The van der Waals surface area contributed by atoms with Gasteiger partial charge < -0.3 is 20.9 Å². The van der Waals surface area contributed by atoms with Crippen LogP contribution in [0.2, 0.25) is 5.02 Å². The number of halogens is 2. The number of benzene rings is 1. The molecular formula is C22H28ClFN6O. The Morgan fingerprint density at radius 2 is 2.23 bits per heavy atom. The van der Waals surface area contributed by atoms with E-state index in [0.717, 1.165) is 12.0 Å². The first-order valence-electron chi connectivity index (χ1n) is 10.4. The number of aliphatic imine (C=N–C) groups is 1. The quantitative estimate of drug-likeness (QED) is 0.449. The fourth-order valence-electron chi connectivity index (χ4n) is 3.40. The van der Waals surface area contributed by atoms with Gasteiger partial charge in [-0.05, 0) is 50.1 Å². The number of guanidine groups is 1. The Bertz CT molecular complexity index is 938. The van der Waals surface area contributed by atoms with Crippen LogP contribution in [0.15, 0.2) is 41.5 Å². The van der Waals surface area contributed by atoms with E-state index in [1.807, 2.05) is 30.9 Å². The molecule has 1 fully saturated rings. The lowest BCUT2D eigenvalue weighted by atomic mass is 10.2. The molecular weight excluding hydrogens is 419 g/mol. The van der Waals surface area contributed by atoms with Crippen molar-refractivity contribution in [2.24, 2.45) is 4.99 Å². The number of hydrogen-bond donors (Lipinski definition) is 3. The monoisotopic (exact) mass is 446 g/mol. The topological polar surface area (TPSA) is 81.6 Å². The van der Waals surface area contributed by atoms with Gasteiger partial charge in [-0.1, -0.05) is 17.7 Å². The lowest BCUT2D eigenvalue weighted by Crippen LogP contribution is -2.44. The fraction of sp³-hybridized carbons (Fsp3) is 0.409. The van der Waals surface area contributed by atoms with Gasteiger partial charge in [0, 0.05) is 38.3 Å². The van der Waals surface area contributed by atoms with E-state index in [4.69, 9.17) is 11.6 Å².